The second kappa shape index (κ2) is 15.4. The number of anilines is 2. The molecule has 5 heterocycles. The lowest BCUT2D eigenvalue weighted by Crippen LogP contribution is -2.54. The van der Waals surface area contributed by atoms with Crippen LogP contribution >= 0.6 is 15.9 Å². The number of carbonyl (C=O) groups is 5. The fourth-order valence-corrected chi connectivity index (χ4v) is 9.79. The summed E-state index contributed by atoms with van der Waals surface area (Å²) in [5.41, 5.74) is 1.16. The molecule has 4 atom stereocenters. The number of imide groups is 2. The van der Waals surface area contributed by atoms with Gasteiger partial charge in [-0.1, -0.05) is 0 Å². The van der Waals surface area contributed by atoms with Crippen LogP contribution in [0.4, 0.5) is 15.9 Å². The number of fused-ring (bicyclic) bond motifs is 2. The van der Waals surface area contributed by atoms with Crippen LogP contribution in [0.25, 0.3) is 0 Å². The van der Waals surface area contributed by atoms with Gasteiger partial charge in [0, 0.05) is 62.7 Å². The zero-order chi connectivity index (χ0) is 40.2. The van der Waals surface area contributed by atoms with Gasteiger partial charge in [-0.15, -0.1) is 10.2 Å². The van der Waals surface area contributed by atoms with E-state index in [-0.39, 0.29) is 53.4 Å². The number of hydrogen-bond acceptors (Lipinski definition) is 12. The minimum Gasteiger partial charge on any atom is -0.490 e. The van der Waals surface area contributed by atoms with Gasteiger partial charge in [0.2, 0.25) is 11.8 Å². The number of benzene rings is 2. The van der Waals surface area contributed by atoms with E-state index in [1.807, 2.05) is 17.0 Å². The predicted molar refractivity (Wildman–Crippen MR) is 209 cm³/mol. The average Bonchev–Trinajstić information content (AvgIpc) is 3.52. The molecule has 3 aromatic rings. The Hall–Kier alpha value is -5.47. The first-order chi connectivity index (χ1) is 28.0. The molecular weight excluding hydrogens is 813 g/mol. The minimum absolute atomic E-state index is 0.0181. The van der Waals surface area contributed by atoms with E-state index in [1.165, 1.54) is 6.07 Å². The first kappa shape index (κ1) is 38.1. The van der Waals surface area contributed by atoms with Crippen molar-refractivity contribution in [2.45, 2.75) is 56.7 Å². The summed E-state index contributed by atoms with van der Waals surface area (Å²) in [6.45, 7) is 5.55. The van der Waals surface area contributed by atoms with Crippen LogP contribution in [0, 0.1) is 34.9 Å². The molecule has 2 aromatic carbocycles. The van der Waals surface area contributed by atoms with Gasteiger partial charge >= 0.3 is 0 Å². The number of piperazine rings is 1. The number of piperidine rings is 2. The van der Waals surface area contributed by atoms with E-state index in [0.29, 0.717) is 46.6 Å². The van der Waals surface area contributed by atoms with Crippen molar-refractivity contribution >= 4 is 57.0 Å². The quantitative estimate of drug-likeness (QED) is 0.301. The Morgan fingerprint density at radius 2 is 1.64 bits per heavy atom. The third kappa shape index (κ3) is 7.28. The molecule has 58 heavy (non-hydrogen) atoms. The van der Waals surface area contributed by atoms with Crippen molar-refractivity contribution in [3.05, 3.63) is 75.1 Å². The molecule has 4 aliphatic heterocycles. The Bertz CT molecular complexity index is 2230. The van der Waals surface area contributed by atoms with Gasteiger partial charge in [-0.05, 0) is 108 Å². The molecule has 0 radical (unpaired) electrons. The summed E-state index contributed by atoms with van der Waals surface area (Å²) in [5, 5.41) is 23.1. The highest BCUT2D eigenvalue weighted by atomic mass is 79.9. The van der Waals surface area contributed by atoms with Gasteiger partial charge < -0.3 is 19.9 Å². The zero-order valence-electron chi connectivity index (χ0n) is 31.5. The highest BCUT2D eigenvalue weighted by Gasteiger charge is 2.56. The van der Waals surface area contributed by atoms with E-state index >= 15 is 4.39 Å². The molecule has 5 fully saturated rings. The van der Waals surface area contributed by atoms with Crippen LogP contribution in [0.2, 0.25) is 0 Å². The smallest absolute Gasteiger partial charge is 0.272 e. The van der Waals surface area contributed by atoms with Crippen molar-refractivity contribution in [1.29, 1.82) is 5.26 Å². The highest BCUT2D eigenvalue weighted by molar-refractivity contribution is 9.10. The fraction of sp³-hybridized carbons (Fsp3) is 0.463. The number of amides is 5. The Morgan fingerprint density at radius 1 is 0.914 bits per heavy atom. The maximum atomic E-state index is 15.4. The zero-order valence-corrected chi connectivity index (χ0v) is 33.1. The van der Waals surface area contributed by atoms with Crippen LogP contribution in [-0.2, 0) is 9.59 Å². The van der Waals surface area contributed by atoms with E-state index in [4.69, 9.17) is 10.00 Å². The van der Waals surface area contributed by atoms with Crippen LogP contribution in [0.1, 0.15) is 75.3 Å². The van der Waals surface area contributed by atoms with Crippen molar-refractivity contribution in [3.63, 3.8) is 0 Å². The SMILES string of the molecule is N#Cc1ccc(O[C@H]2CC[C@H](NC(=O)c3ccc(N4CCN(C[C@@H]5[C@H]6CN(c7cc8c(cc7F)C(=O)N(C7CCC(=O)NC7=O)C8=O)C[C@@H]56)CC4)nn3)CC2)cc1Br. The maximum Gasteiger partial charge on any atom is 0.272 e. The molecule has 17 heteroatoms. The van der Waals surface area contributed by atoms with Crippen molar-refractivity contribution in [2.75, 3.05) is 55.6 Å². The normalized spacial score (nSPS) is 26.9. The third-order valence-electron chi connectivity index (χ3n) is 12.6. The van der Waals surface area contributed by atoms with Crippen LogP contribution in [0.15, 0.2) is 46.9 Å². The van der Waals surface area contributed by atoms with Crippen LogP contribution in [-0.4, -0.2) is 114 Å². The van der Waals surface area contributed by atoms with Gasteiger partial charge in [0.25, 0.3) is 17.7 Å². The van der Waals surface area contributed by atoms with E-state index in [1.54, 1.807) is 18.2 Å². The lowest BCUT2D eigenvalue weighted by Gasteiger charge is -2.35. The van der Waals surface area contributed by atoms with E-state index in [2.05, 4.69) is 52.6 Å². The number of ether oxygens (including phenoxy) is 1. The molecule has 2 aliphatic carbocycles. The molecular formula is C41H41BrFN9O6. The van der Waals surface area contributed by atoms with Gasteiger partial charge in [0.1, 0.15) is 23.7 Å². The lowest BCUT2D eigenvalue weighted by molar-refractivity contribution is -0.136. The molecule has 3 saturated heterocycles. The Labute approximate surface area is 342 Å². The van der Waals surface area contributed by atoms with Crippen LogP contribution < -0.4 is 25.2 Å². The molecule has 0 bridgehead atoms. The molecule has 300 valence electrons. The van der Waals surface area contributed by atoms with Crippen molar-refractivity contribution < 1.29 is 33.1 Å². The monoisotopic (exact) mass is 853 g/mol. The summed E-state index contributed by atoms with van der Waals surface area (Å²) in [4.78, 5) is 70.9. The van der Waals surface area contributed by atoms with Crippen LogP contribution in [0.5, 0.6) is 5.75 Å². The number of nitriles is 1. The van der Waals surface area contributed by atoms with Crippen molar-refractivity contribution in [2.24, 2.45) is 17.8 Å². The Morgan fingerprint density at radius 3 is 2.29 bits per heavy atom. The van der Waals surface area contributed by atoms with Gasteiger partial charge in [-0.2, -0.15) is 5.26 Å². The van der Waals surface area contributed by atoms with Crippen LogP contribution in [0.3, 0.4) is 0 Å². The molecule has 1 aromatic heterocycles. The average molecular weight is 855 g/mol. The molecule has 9 rings (SSSR count). The number of halogens is 2. The van der Waals surface area contributed by atoms with Crippen molar-refractivity contribution in [1.82, 2.24) is 30.6 Å². The summed E-state index contributed by atoms with van der Waals surface area (Å²) < 4.78 is 22.3. The van der Waals surface area contributed by atoms with Gasteiger partial charge in [0.15, 0.2) is 11.5 Å². The minimum atomic E-state index is -1.10. The van der Waals surface area contributed by atoms with Gasteiger partial charge in [-0.25, -0.2) is 4.39 Å². The van der Waals surface area contributed by atoms with E-state index < -0.39 is 35.5 Å². The molecule has 0 spiro atoms. The number of nitrogens with zero attached hydrogens (tertiary/aromatic N) is 7. The van der Waals surface area contributed by atoms with Gasteiger partial charge in [-0.3, -0.25) is 39.1 Å². The maximum absolute atomic E-state index is 15.4. The summed E-state index contributed by atoms with van der Waals surface area (Å²) >= 11 is 3.40. The van der Waals surface area contributed by atoms with Gasteiger partial charge in [0.05, 0.1) is 28.5 Å². The summed E-state index contributed by atoms with van der Waals surface area (Å²) in [6, 6.07) is 12.5. The first-order valence-electron chi connectivity index (χ1n) is 19.8. The molecule has 2 saturated carbocycles. The van der Waals surface area contributed by atoms with E-state index in [9.17, 15) is 24.0 Å². The second-order valence-corrected chi connectivity index (χ2v) is 16.9. The number of nitrogens with one attached hydrogen (secondary N) is 2. The standard InChI is InChI=1S/C41H41BrFN9O6/c42-31-15-25(4-1-22(31)18-44)58-24-5-2-23(3-6-24)45-38(54)33-7-9-36(48-47-33)50-13-11-49(12-14-50)19-28-29-20-51(21-30(28)29)35-17-27-26(16-32(35)43)40(56)52(41(27)57)34-8-10-37(53)46-39(34)55/h1,4,7,9,15-17,23-24,28-30,34H,2-3,5-6,8,10-14,19-21H2,(H,45,54)(H,46,53,55)/t23-,24-,28-,29-,30+,34?. The molecule has 6 aliphatic rings. The highest BCUT2D eigenvalue weighted by Crippen LogP contribution is 2.53. The molecule has 5 amide bonds. The molecule has 2 N–H and O–H groups in total. The number of rotatable bonds is 9. The molecule has 1 unspecified atom stereocenters. The first-order valence-corrected chi connectivity index (χ1v) is 20.6. The van der Waals surface area contributed by atoms with E-state index in [0.717, 1.165) is 75.2 Å². The topological polar surface area (TPSA) is 181 Å². The summed E-state index contributed by atoms with van der Waals surface area (Å²) in [7, 11) is 0. The van der Waals surface area contributed by atoms with Crippen molar-refractivity contribution in [3.8, 4) is 11.8 Å². The lowest BCUT2D eigenvalue weighted by atomic mass is 9.93. The summed E-state index contributed by atoms with van der Waals surface area (Å²) in [5.74, 6) is -0.556. The Balaban J connectivity index is 0.711. The third-order valence-corrected chi connectivity index (χ3v) is 13.3. The summed E-state index contributed by atoms with van der Waals surface area (Å²) in [6.07, 6.45) is 3.29. The predicted octanol–water partition coefficient (Wildman–Crippen LogP) is 3.28. The largest absolute Gasteiger partial charge is 0.490 e. The number of hydrogen-bond donors (Lipinski definition) is 2. The number of carbonyl (C=O) groups excluding carboxylic acids is 5. The Kier molecular flexibility index (Phi) is 10.1. The molecule has 15 nitrogen and oxygen atoms in total. The second-order valence-electron chi connectivity index (χ2n) is 16.1. The number of aromatic nitrogens is 2. The fourth-order valence-electron chi connectivity index (χ4n) is 9.35.